The molecule has 0 amide bonds. The molecule has 0 bridgehead atoms. The van der Waals surface area contributed by atoms with Crippen molar-refractivity contribution in [3.8, 4) is 17.2 Å². The fourth-order valence-corrected chi connectivity index (χ4v) is 5.10. The number of fused-ring (bicyclic) bond motifs is 1. The van der Waals surface area contributed by atoms with Crippen molar-refractivity contribution in [1.29, 1.82) is 0 Å². The maximum absolute atomic E-state index is 11.4. The lowest BCUT2D eigenvalue weighted by atomic mass is 10.0. The fourth-order valence-electron chi connectivity index (χ4n) is 5.10. The number of nitrogens with zero attached hydrogens (tertiary/aromatic N) is 4. The van der Waals surface area contributed by atoms with Crippen LogP contribution in [0.5, 0.6) is 17.2 Å². The van der Waals surface area contributed by atoms with Gasteiger partial charge in [0.1, 0.15) is 11.6 Å². The van der Waals surface area contributed by atoms with E-state index in [9.17, 15) is 20.0 Å². The fraction of sp³-hybridized carbons (Fsp3) is 0.300. The van der Waals surface area contributed by atoms with Gasteiger partial charge in [0.05, 0.1) is 37.3 Å². The molecule has 0 unspecified atom stereocenters. The summed E-state index contributed by atoms with van der Waals surface area (Å²) in [5.74, 6) is 1.73. The number of carbonyl (C=O) groups is 1. The normalized spacial score (nSPS) is 13.8. The van der Waals surface area contributed by atoms with Crippen LogP contribution in [0.2, 0.25) is 0 Å². The zero-order valence-corrected chi connectivity index (χ0v) is 24.0. The Labute approximate surface area is 247 Å². The van der Waals surface area contributed by atoms with E-state index in [0.29, 0.717) is 46.4 Å². The number of anilines is 3. The van der Waals surface area contributed by atoms with Crippen molar-refractivity contribution in [3.63, 3.8) is 0 Å². The number of rotatable bonds is 11. The largest absolute Gasteiger partial charge is 0.496 e. The van der Waals surface area contributed by atoms with E-state index in [-0.39, 0.29) is 17.3 Å². The van der Waals surface area contributed by atoms with E-state index < -0.39 is 10.9 Å². The van der Waals surface area contributed by atoms with Crippen LogP contribution in [0.15, 0.2) is 54.6 Å². The third-order valence-corrected chi connectivity index (χ3v) is 7.39. The first-order valence-corrected chi connectivity index (χ1v) is 13.6. The van der Waals surface area contributed by atoms with E-state index in [1.165, 1.54) is 24.3 Å². The lowest BCUT2D eigenvalue weighted by Gasteiger charge is -2.32. The van der Waals surface area contributed by atoms with Gasteiger partial charge >= 0.3 is 5.97 Å². The van der Waals surface area contributed by atoms with Crippen LogP contribution in [0.1, 0.15) is 28.8 Å². The molecule has 1 saturated heterocycles. The number of aromatic carboxylic acids is 1. The molecule has 0 spiro atoms. The molecule has 13 heteroatoms. The number of methoxy groups -OCH3 is 3. The number of hydrogen-bond acceptors (Lipinski definition) is 11. The number of nitrogens with one attached hydrogen (secondary N) is 2. The van der Waals surface area contributed by atoms with Crippen LogP contribution in [-0.2, 0) is 6.54 Å². The van der Waals surface area contributed by atoms with Crippen LogP contribution in [-0.4, -0.2) is 71.3 Å². The van der Waals surface area contributed by atoms with Crippen molar-refractivity contribution in [2.45, 2.75) is 25.4 Å². The maximum atomic E-state index is 11.4. The van der Waals surface area contributed by atoms with Gasteiger partial charge in [-0.3, -0.25) is 15.0 Å². The van der Waals surface area contributed by atoms with E-state index in [1.807, 2.05) is 12.1 Å². The molecular formula is C30H32N6O7. The molecule has 1 aliphatic heterocycles. The van der Waals surface area contributed by atoms with Crippen LogP contribution in [0, 0.1) is 10.1 Å². The van der Waals surface area contributed by atoms with Gasteiger partial charge in [-0.2, -0.15) is 4.98 Å². The van der Waals surface area contributed by atoms with E-state index in [4.69, 9.17) is 14.2 Å². The second-order valence-corrected chi connectivity index (χ2v) is 10.1. The summed E-state index contributed by atoms with van der Waals surface area (Å²) in [6.45, 7) is 2.35. The number of nitro benzene ring substituents is 1. The Morgan fingerprint density at radius 2 is 1.65 bits per heavy atom. The number of piperidine rings is 1. The van der Waals surface area contributed by atoms with Crippen molar-refractivity contribution >= 4 is 40.0 Å². The Morgan fingerprint density at radius 3 is 2.28 bits per heavy atom. The SMILES string of the molecule is COc1cc(OC)c(OC)cc1CN1CCC(Nc2nc(Nc3ccc(C(=O)O)cc3)c3cc([N+](=O)[O-])ccc3n2)CC1. The van der Waals surface area contributed by atoms with Gasteiger partial charge in [-0.25, -0.2) is 9.78 Å². The first-order chi connectivity index (χ1) is 20.8. The Balaban J connectivity index is 1.32. The van der Waals surface area contributed by atoms with E-state index >= 15 is 0 Å². The third kappa shape index (κ3) is 6.67. The zero-order valence-electron chi connectivity index (χ0n) is 24.0. The first kappa shape index (κ1) is 29.3. The van der Waals surface area contributed by atoms with Gasteiger partial charge in [-0.15, -0.1) is 0 Å². The van der Waals surface area contributed by atoms with E-state index in [2.05, 4.69) is 25.5 Å². The average molecular weight is 589 g/mol. The van der Waals surface area contributed by atoms with Gasteiger partial charge in [0.25, 0.3) is 5.69 Å². The van der Waals surface area contributed by atoms with E-state index in [1.54, 1.807) is 39.5 Å². The number of hydrogen-bond donors (Lipinski definition) is 3. The van der Waals surface area contributed by atoms with Crippen LogP contribution in [0.25, 0.3) is 10.9 Å². The Morgan fingerprint density at radius 1 is 0.977 bits per heavy atom. The number of carboxylic acid groups (broad SMARTS) is 1. The smallest absolute Gasteiger partial charge is 0.335 e. The highest BCUT2D eigenvalue weighted by Crippen LogP contribution is 2.36. The molecule has 3 aromatic carbocycles. The minimum atomic E-state index is -1.03. The van der Waals surface area contributed by atoms with Crippen molar-refractivity contribution in [2.75, 3.05) is 45.1 Å². The number of aromatic nitrogens is 2. The van der Waals surface area contributed by atoms with Crippen LogP contribution >= 0.6 is 0 Å². The second kappa shape index (κ2) is 12.8. The standard InChI is InChI=1S/C30H32N6O7/c1-41-25-16-27(43-3)26(42-2)14-19(25)17-35-12-10-21(11-13-35)32-30-33-24-9-8-22(36(39)40)15-23(24)28(34-30)31-20-6-4-18(5-7-20)29(37)38/h4-9,14-16,21H,10-13,17H2,1-3H3,(H,37,38)(H2,31,32,33,34). The molecule has 43 heavy (non-hydrogen) atoms. The molecule has 0 saturated carbocycles. The molecule has 0 aliphatic carbocycles. The highest BCUT2D eigenvalue weighted by atomic mass is 16.6. The summed E-state index contributed by atoms with van der Waals surface area (Å²) in [6.07, 6.45) is 1.69. The molecule has 3 N–H and O–H groups in total. The van der Waals surface area contributed by atoms with Crippen molar-refractivity contribution in [2.24, 2.45) is 0 Å². The summed E-state index contributed by atoms with van der Waals surface area (Å²) in [5, 5.41) is 27.7. The quantitative estimate of drug-likeness (QED) is 0.158. The van der Waals surface area contributed by atoms with Gasteiger partial charge in [0.15, 0.2) is 11.5 Å². The average Bonchev–Trinajstić information content (AvgIpc) is 3.01. The molecule has 13 nitrogen and oxygen atoms in total. The van der Waals surface area contributed by atoms with Crippen LogP contribution in [0.4, 0.5) is 23.1 Å². The summed E-state index contributed by atoms with van der Waals surface area (Å²) in [4.78, 5) is 33.9. The number of nitro groups is 1. The molecule has 0 radical (unpaired) electrons. The topological polar surface area (TPSA) is 161 Å². The molecule has 4 aromatic rings. The molecule has 1 aliphatic rings. The van der Waals surface area contributed by atoms with Crippen LogP contribution in [0.3, 0.4) is 0 Å². The summed E-state index contributed by atoms with van der Waals surface area (Å²) < 4.78 is 16.5. The number of benzene rings is 3. The second-order valence-electron chi connectivity index (χ2n) is 10.1. The molecule has 2 heterocycles. The summed E-state index contributed by atoms with van der Waals surface area (Å²) >= 11 is 0. The van der Waals surface area contributed by atoms with Crippen molar-refractivity contribution in [3.05, 3.63) is 75.8 Å². The van der Waals surface area contributed by atoms with Gasteiger partial charge in [0.2, 0.25) is 5.95 Å². The molecule has 5 rings (SSSR count). The Kier molecular flexibility index (Phi) is 8.71. The minimum absolute atomic E-state index is 0.0837. The molecule has 0 atom stereocenters. The monoisotopic (exact) mass is 588 g/mol. The molecule has 1 aromatic heterocycles. The van der Waals surface area contributed by atoms with Crippen molar-refractivity contribution < 1.29 is 29.0 Å². The zero-order chi connectivity index (χ0) is 30.5. The molecule has 1 fully saturated rings. The lowest BCUT2D eigenvalue weighted by molar-refractivity contribution is -0.384. The number of likely N-dealkylation sites (tertiary alicyclic amines) is 1. The van der Waals surface area contributed by atoms with Gasteiger partial charge in [0, 0.05) is 60.5 Å². The Bertz CT molecular complexity index is 1640. The highest BCUT2D eigenvalue weighted by Gasteiger charge is 2.23. The van der Waals surface area contributed by atoms with Crippen LogP contribution < -0.4 is 24.8 Å². The third-order valence-electron chi connectivity index (χ3n) is 7.39. The predicted molar refractivity (Wildman–Crippen MR) is 161 cm³/mol. The Hall–Kier alpha value is -5.17. The lowest BCUT2D eigenvalue weighted by Crippen LogP contribution is -2.39. The number of non-ortho nitro benzene ring substituents is 1. The predicted octanol–water partition coefficient (Wildman–Crippen LogP) is 5.08. The van der Waals surface area contributed by atoms with Gasteiger partial charge in [-0.1, -0.05) is 0 Å². The highest BCUT2D eigenvalue weighted by molar-refractivity contribution is 5.94. The van der Waals surface area contributed by atoms with Gasteiger partial charge in [-0.05, 0) is 49.2 Å². The van der Waals surface area contributed by atoms with Gasteiger partial charge < -0.3 is 30.0 Å². The molecular weight excluding hydrogens is 556 g/mol. The summed E-state index contributed by atoms with van der Waals surface area (Å²) in [6, 6.07) is 14.5. The number of ether oxygens (including phenoxy) is 3. The number of carboxylic acids is 1. The minimum Gasteiger partial charge on any atom is -0.496 e. The van der Waals surface area contributed by atoms with Crippen molar-refractivity contribution in [1.82, 2.24) is 14.9 Å². The maximum Gasteiger partial charge on any atom is 0.335 e. The summed E-state index contributed by atoms with van der Waals surface area (Å²) in [5.41, 5.74) is 2.18. The first-order valence-electron chi connectivity index (χ1n) is 13.6. The molecule has 224 valence electrons. The summed E-state index contributed by atoms with van der Waals surface area (Å²) in [7, 11) is 4.84. The van der Waals surface area contributed by atoms with E-state index in [0.717, 1.165) is 37.2 Å².